The minimum atomic E-state index is -0.184. The molecule has 2 rings (SSSR count). The Morgan fingerprint density at radius 3 is 3.06 bits per heavy atom. The summed E-state index contributed by atoms with van der Waals surface area (Å²) >= 11 is 7.99. The molecule has 0 spiro atoms. The first-order chi connectivity index (χ1) is 7.75. The van der Waals surface area contributed by atoms with Gasteiger partial charge in [0.15, 0.2) is 10.3 Å². The lowest BCUT2D eigenvalue weighted by Gasteiger charge is -2.07. The van der Waals surface area contributed by atoms with E-state index in [9.17, 15) is 4.79 Å². The highest BCUT2D eigenvalue weighted by Crippen LogP contribution is 2.09. The van der Waals surface area contributed by atoms with Crippen LogP contribution in [0, 0.1) is 0 Å². The highest BCUT2D eigenvalue weighted by atomic mass is 32.2. The Balaban J connectivity index is 1.85. The standard InChI is InChI=1S/C9H9N3OS3/c13-7(6-2-1-4-15-6)11-8(14)12-9-10-3-5-16-9/h1-2,4H,3,5H2,(H2,10,11,12,13,14). The highest BCUT2D eigenvalue weighted by molar-refractivity contribution is 8.14. The molecule has 2 N–H and O–H groups in total. The average molecular weight is 271 g/mol. The molecule has 0 atom stereocenters. The van der Waals surface area contributed by atoms with Gasteiger partial charge in [0.1, 0.15) is 0 Å². The fraction of sp³-hybridized carbons (Fsp3) is 0.222. The van der Waals surface area contributed by atoms with Crippen LogP contribution in [0.1, 0.15) is 9.67 Å². The zero-order chi connectivity index (χ0) is 11.4. The maximum atomic E-state index is 11.6. The van der Waals surface area contributed by atoms with Crippen LogP contribution in [0.15, 0.2) is 22.5 Å². The molecular weight excluding hydrogens is 262 g/mol. The number of thioether (sulfide) groups is 1. The summed E-state index contributed by atoms with van der Waals surface area (Å²) in [5.74, 6) is 0.778. The summed E-state index contributed by atoms with van der Waals surface area (Å²) in [4.78, 5) is 16.4. The van der Waals surface area contributed by atoms with E-state index in [2.05, 4.69) is 15.6 Å². The fourth-order valence-corrected chi connectivity index (χ4v) is 2.72. The lowest BCUT2D eigenvalue weighted by atomic mass is 10.4. The Labute approximate surface area is 107 Å². The first kappa shape index (κ1) is 11.6. The van der Waals surface area contributed by atoms with E-state index in [0.29, 0.717) is 9.99 Å². The molecule has 0 aliphatic carbocycles. The van der Waals surface area contributed by atoms with Gasteiger partial charge in [-0.3, -0.25) is 15.1 Å². The molecule has 1 aliphatic rings. The van der Waals surface area contributed by atoms with Crippen molar-refractivity contribution in [3.8, 4) is 0 Å². The number of amidine groups is 1. The number of thiocarbonyl (C=S) groups is 1. The number of amides is 1. The number of rotatable bonds is 1. The van der Waals surface area contributed by atoms with Crippen LogP contribution in [-0.2, 0) is 0 Å². The van der Waals surface area contributed by atoms with Gasteiger partial charge in [-0.15, -0.1) is 11.3 Å². The molecule has 1 aromatic rings. The van der Waals surface area contributed by atoms with Gasteiger partial charge >= 0.3 is 0 Å². The normalized spacial score (nSPS) is 14.4. The minimum Gasteiger partial charge on any atom is -0.312 e. The highest BCUT2D eigenvalue weighted by Gasteiger charge is 2.12. The molecule has 0 fully saturated rings. The lowest BCUT2D eigenvalue weighted by Crippen LogP contribution is -2.40. The van der Waals surface area contributed by atoms with Gasteiger partial charge in [0.2, 0.25) is 0 Å². The third-order valence-corrected chi connectivity index (χ3v) is 3.74. The van der Waals surface area contributed by atoms with Gasteiger partial charge in [0.05, 0.1) is 11.4 Å². The number of carbonyl (C=O) groups excluding carboxylic acids is 1. The quantitative estimate of drug-likeness (QED) is 0.759. The first-order valence-corrected chi connectivity index (χ1v) is 6.86. The Kier molecular flexibility index (Phi) is 3.92. The summed E-state index contributed by atoms with van der Waals surface area (Å²) in [6.07, 6.45) is 0. The number of thiophene rings is 1. The molecule has 2 heterocycles. The molecule has 1 aromatic heterocycles. The van der Waals surface area contributed by atoms with E-state index in [1.165, 1.54) is 11.3 Å². The van der Waals surface area contributed by atoms with E-state index < -0.39 is 0 Å². The van der Waals surface area contributed by atoms with Gasteiger partial charge in [-0.2, -0.15) is 0 Å². The molecule has 16 heavy (non-hydrogen) atoms. The van der Waals surface area contributed by atoms with E-state index >= 15 is 0 Å². The summed E-state index contributed by atoms with van der Waals surface area (Å²) in [7, 11) is 0. The van der Waals surface area contributed by atoms with Crippen LogP contribution in [0.2, 0.25) is 0 Å². The topological polar surface area (TPSA) is 53.5 Å². The van der Waals surface area contributed by atoms with E-state index in [-0.39, 0.29) is 5.91 Å². The van der Waals surface area contributed by atoms with E-state index in [1.807, 2.05) is 11.4 Å². The number of aliphatic imine (C=N–C) groups is 1. The zero-order valence-corrected chi connectivity index (χ0v) is 10.7. The lowest BCUT2D eigenvalue weighted by molar-refractivity contribution is 0.0981. The van der Waals surface area contributed by atoms with Crippen LogP contribution in [-0.4, -0.2) is 28.5 Å². The van der Waals surface area contributed by atoms with Gasteiger partial charge in [-0.05, 0) is 23.7 Å². The monoisotopic (exact) mass is 271 g/mol. The smallest absolute Gasteiger partial charge is 0.267 e. The summed E-state index contributed by atoms with van der Waals surface area (Å²) in [6, 6.07) is 3.58. The summed E-state index contributed by atoms with van der Waals surface area (Å²) < 4.78 is 0. The van der Waals surface area contributed by atoms with Crippen LogP contribution in [0.5, 0.6) is 0 Å². The molecule has 1 amide bonds. The molecule has 4 nitrogen and oxygen atoms in total. The van der Waals surface area contributed by atoms with Crippen LogP contribution < -0.4 is 10.6 Å². The van der Waals surface area contributed by atoms with E-state index in [0.717, 1.165) is 17.5 Å². The largest absolute Gasteiger partial charge is 0.312 e. The van der Waals surface area contributed by atoms with Crippen molar-refractivity contribution < 1.29 is 4.79 Å². The summed E-state index contributed by atoms with van der Waals surface area (Å²) in [5, 5.41) is 8.42. The average Bonchev–Trinajstić information content (AvgIpc) is 2.88. The second-order valence-electron chi connectivity index (χ2n) is 2.92. The number of hydrogen-bond donors (Lipinski definition) is 2. The molecule has 84 valence electrons. The number of carbonyl (C=O) groups is 1. The van der Waals surface area contributed by atoms with E-state index in [1.54, 1.807) is 17.8 Å². The predicted octanol–water partition coefficient (Wildman–Crippen LogP) is 1.46. The van der Waals surface area contributed by atoms with Crippen molar-refractivity contribution in [2.24, 2.45) is 4.99 Å². The van der Waals surface area contributed by atoms with Crippen molar-refractivity contribution >= 4 is 51.5 Å². The van der Waals surface area contributed by atoms with Crippen LogP contribution in [0.4, 0.5) is 0 Å². The van der Waals surface area contributed by atoms with Gasteiger partial charge in [-0.1, -0.05) is 17.8 Å². The first-order valence-electron chi connectivity index (χ1n) is 4.59. The fourth-order valence-electron chi connectivity index (χ4n) is 1.11. The van der Waals surface area contributed by atoms with Crippen molar-refractivity contribution in [1.82, 2.24) is 10.6 Å². The molecule has 0 bridgehead atoms. The van der Waals surface area contributed by atoms with Gasteiger partial charge in [0, 0.05) is 5.75 Å². The van der Waals surface area contributed by atoms with Crippen LogP contribution in [0.25, 0.3) is 0 Å². The molecule has 7 heteroatoms. The Bertz CT molecular complexity index is 427. The number of nitrogens with zero attached hydrogens (tertiary/aromatic N) is 1. The van der Waals surface area contributed by atoms with Gasteiger partial charge in [-0.25, -0.2) is 0 Å². The molecule has 0 saturated heterocycles. The Morgan fingerprint density at radius 1 is 1.56 bits per heavy atom. The maximum absolute atomic E-state index is 11.6. The van der Waals surface area contributed by atoms with E-state index in [4.69, 9.17) is 12.2 Å². The molecular formula is C9H9N3OS3. The van der Waals surface area contributed by atoms with Gasteiger partial charge in [0.25, 0.3) is 5.91 Å². The summed E-state index contributed by atoms with van der Waals surface area (Å²) in [5.41, 5.74) is 0. The van der Waals surface area contributed by atoms with Crippen molar-refractivity contribution in [2.45, 2.75) is 0 Å². The van der Waals surface area contributed by atoms with Crippen molar-refractivity contribution in [3.05, 3.63) is 22.4 Å². The Morgan fingerprint density at radius 2 is 2.44 bits per heavy atom. The third-order valence-electron chi connectivity index (χ3n) is 1.78. The van der Waals surface area contributed by atoms with Crippen molar-refractivity contribution in [2.75, 3.05) is 12.3 Å². The molecule has 0 unspecified atom stereocenters. The molecule has 0 aromatic carbocycles. The van der Waals surface area contributed by atoms with Crippen LogP contribution in [0.3, 0.4) is 0 Å². The van der Waals surface area contributed by atoms with Gasteiger partial charge < -0.3 is 5.32 Å². The third kappa shape index (κ3) is 3.03. The maximum Gasteiger partial charge on any atom is 0.267 e. The SMILES string of the molecule is O=C(NC(=S)NC1=NCCS1)c1cccs1. The predicted molar refractivity (Wildman–Crippen MR) is 72.3 cm³/mol. The second kappa shape index (κ2) is 5.42. The zero-order valence-electron chi connectivity index (χ0n) is 8.23. The summed E-state index contributed by atoms with van der Waals surface area (Å²) in [6.45, 7) is 0.800. The number of hydrogen-bond acceptors (Lipinski definition) is 5. The second-order valence-corrected chi connectivity index (χ2v) is 5.36. The molecule has 0 radical (unpaired) electrons. The molecule has 1 aliphatic heterocycles. The number of nitrogens with one attached hydrogen (secondary N) is 2. The Hall–Kier alpha value is -0.920. The van der Waals surface area contributed by atoms with Crippen LogP contribution >= 0.6 is 35.3 Å². The molecule has 0 saturated carbocycles. The minimum absolute atomic E-state index is 0.184. The van der Waals surface area contributed by atoms with Crippen molar-refractivity contribution in [1.29, 1.82) is 0 Å². The van der Waals surface area contributed by atoms with Crippen molar-refractivity contribution in [3.63, 3.8) is 0 Å².